The minimum atomic E-state index is -0.989. The van der Waals surface area contributed by atoms with E-state index in [0.29, 0.717) is 25.4 Å². The average Bonchev–Trinajstić information content (AvgIpc) is 2.53. The molecule has 0 radical (unpaired) electrons. The van der Waals surface area contributed by atoms with E-state index in [1.807, 2.05) is 6.92 Å². The Morgan fingerprint density at radius 1 is 1.05 bits per heavy atom. The fourth-order valence-electron chi connectivity index (χ4n) is 2.08. The number of rotatable bonds is 8. The quantitative estimate of drug-likeness (QED) is 0.799. The summed E-state index contributed by atoms with van der Waals surface area (Å²) < 4.78 is 5.29. The number of carbonyl (C=O) groups is 2. The lowest BCUT2D eigenvalue weighted by Gasteiger charge is -2.22. The summed E-state index contributed by atoms with van der Waals surface area (Å²) in [5, 5.41) is 8.89. The van der Waals surface area contributed by atoms with Crippen molar-refractivity contribution in [2.45, 2.75) is 20.8 Å². The molecule has 0 heterocycles. The molecule has 0 saturated carbocycles. The third-order valence-electron chi connectivity index (χ3n) is 3.49. The number of anilines is 1. The van der Waals surface area contributed by atoms with Crippen LogP contribution in [0.25, 0.3) is 0 Å². The Bertz CT molecular complexity index is 483. The largest absolute Gasteiger partial charge is 0.478 e. The Hall–Kier alpha value is -2.08. The van der Waals surface area contributed by atoms with Gasteiger partial charge in [0.25, 0.3) is 0 Å². The van der Waals surface area contributed by atoms with Crippen LogP contribution in [0.1, 0.15) is 31.1 Å². The van der Waals surface area contributed by atoms with Crippen LogP contribution in [0.15, 0.2) is 24.3 Å². The summed E-state index contributed by atoms with van der Waals surface area (Å²) in [5.41, 5.74) is 0.815. The number of carboxylic acid groups (broad SMARTS) is 1. The SMILES string of the molecule is CCN(CC)CCOC(=O)N(CC)c1ccc(C(=O)O)cc1. The smallest absolute Gasteiger partial charge is 0.414 e. The van der Waals surface area contributed by atoms with Crippen molar-refractivity contribution in [3.63, 3.8) is 0 Å². The van der Waals surface area contributed by atoms with Gasteiger partial charge in [0.2, 0.25) is 0 Å². The molecule has 0 aliphatic rings. The van der Waals surface area contributed by atoms with E-state index >= 15 is 0 Å². The van der Waals surface area contributed by atoms with Crippen molar-refractivity contribution < 1.29 is 19.4 Å². The molecular formula is C16H24N2O4. The number of ether oxygens (including phenoxy) is 1. The highest BCUT2D eigenvalue weighted by molar-refractivity contribution is 5.90. The maximum absolute atomic E-state index is 12.1. The summed E-state index contributed by atoms with van der Waals surface area (Å²) in [6.07, 6.45) is -0.419. The number of hydrogen-bond acceptors (Lipinski definition) is 4. The summed E-state index contributed by atoms with van der Waals surface area (Å²) in [6.45, 7) is 9.30. The van der Waals surface area contributed by atoms with Gasteiger partial charge in [-0.15, -0.1) is 0 Å². The first-order valence-electron chi connectivity index (χ1n) is 7.53. The van der Waals surface area contributed by atoms with Gasteiger partial charge >= 0.3 is 12.1 Å². The van der Waals surface area contributed by atoms with E-state index in [4.69, 9.17) is 9.84 Å². The Balaban J connectivity index is 2.62. The predicted octanol–water partition coefficient (Wildman–Crippen LogP) is 2.69. The molecule has 0 aliphatic heterocycles. The predicted molar refractivity (Wildman–Crippen MR) is 85.6 cm³/mol. The second-order valence-corrected chi connectivity index (χ2v) is 4.74. The van der Waals surface area contributed by atoms with Crippen LogP contribution < -0.4 is 4.90 Å². The van der Waals surface area contributed by atoms with Crippen LogP contribution in [0, 0.1) is 0 Å². The maximum atomic E-state index is 12.1. The zero-order valence-corrected chi connectivity index (χ0v) is 13.4. The Kier molecular flexibility index (Phi) is 7.39. The topological polar surface area (TPSA) is 70.1 Å². The monoisotopic (exact) mass is 308 g/mol. The number of aromatic carboxylic acids is 1. The van der Waals surface area contributed by atoms with Crippen LogP contribution >= 0.6 is 0 Å². The standard InChI is InChI=1S/C16H24N2O4/c1-4-17(5-2)11-12-22-16(21)18(6-3)14-9-7-13(8-10-14)15(19)20/h7-10H,4-6,11-12H2,1-3H3,(H,19,20). The molecule has 1 aromatic carbocycles. The van der Waals surface area contributed by atoms with Crippen LogP contribution in [0.5, 0.6) is 0 Å². The summed E-state index contributed by atoms with van der Waals surface area (Å²) in [6, 6.07) is 6.17. The van der Waals surface area contributed by atoms with Gasteiger partial charge in [0.05, 0.1) is 5.56 Å². The Morgan fingerprint density at radius 2 is 1.64 bits per heavy atom. The van der Waals surface area contributed by atoms with Gasteiger partial charge < -0.3 is 14.7 Å². The first kappa shape index (κ1) is 18.0. The van der Waals surface area contributed by atoms with Gasteiger partial charge in [0, 0.05) is 18.8 Å². The molecule has 0 saturated heterocycles. The number of carboxylic acids is 1. The number of nitrogens with zero attached hydrogens (tertiary/aromatic N) is 2. The zero-order valence-electron chi connectivity index (χ0n) is 13.4. The third kappa shape index (κ3) is 5.04. The van der Waals surface area contributed by atoms with E-state index in [0.717, 1.165) is 13.1 Å². The lowest BCUT2D eigenvalue weighted by Crippen LogP contribution is -2.34. The molecule has 0 bridgehead atoms. The van der Waals surface area contributed by atoms with Crippen molar-refractivity contribution in [1.29, 1.82) is 0 Å². The van der Waals surface area contributed by atoms with E-state index in [1.54, 1.807) is 12.1 Å². The lowest BCUT2D eigenvalue weighted by atomic mass is 10.2. The van der Waals surface area contributed by atoms with Crippen molar-refractivity contribution in [3.05, 3.63) is 29.8 Å². The van der Waals surface area contributed by atoms with Crippen molar-refractivity contribution in [2.24, 2.45) is 0 Å². The van der Waals surface area contributed by atoms with Crippen LogP contribution in [0.2, 0.25) is 0 Å². The molecule has 22 heavy (non-hydrogen) atoms. The van der Waals surface area contributed by atoms with Gasteiger partial charge in [0.15, 0.2) is 0 Å². The van der Waals surface area contributed by atoms with E-state index in [1.165, 1.54) is 17.0 Å². The van der Waals surface area contributed by atoms with Gasteiger partial charge in [-0.25, -0.2) is 9.59 Å². The molecule has 0 atom stereocenters. The van der Waals surface area contributed by atoms with E-state index < -0.39 is 12.1 Å². The molecule has 0 fully saturated rings. The highest BCUT2D eigenvalue weighted by Crippen LogP contribution is 2.16. The van der Waals surface area contributed by atoms with E-state index in [2.05, 4.69) is 18.7 Å². The fraction of sp³-hybridized carbons (Fsp3) is 0.500. The van der Waals surface area contributed by atoms with Crippen LogP contribution in [0.4, 0.5) is 10.5 Å². The second-order valence-electron chi connectivity index (χ2n) is 4.74. The maximum Gasteiger partial charge on any atom is 0.414 e. The van der Waals surface area contributed by atoms with E-state index in [-0.39, 0.29) is 5.56 Å². The van der Waals surface area contributed by atoms with Crippen LogP contribution in [-0.2, 0) is 4.74 Å². The van der Waals surface area contributed by atoms with Gasteiger partial charge in [-0.2, -0.15) is 0 Å². The molecular weight excluding hydrogens is 284 g/mol. The summed E-state index contributed by atoms with van der Waals surface area (Å²) in [4.78, 5) is 26.6. The van der Waals surface area contributed by atoms with Crippen molar-refractivity contribution in [1.82, 2.24) is 4.90 Å². The first-order chi connectivity index (χ1) is 10.5. The normalized spacial score (nSPS) is 10.5. The highest BCUT2D eigenvalue weighted by atomic mass is 16.6. The molecule has 6 nitrogen and oxygen atoms in total. The summed E-state index contributed by atoms with van der Waals surface area (Å²) in [7, 11) is 0. The van der Waals surface area contributed by atoms with Gasteiger partial charge in [0.1, 0.15) is 6.61 Å². The number of benzene rings is 1. The van der Waals surface area contributed by atoms with Crippen molar-refractivity contribution in [2.75, 3.05) is 37.7 Å². The first-order valence-corrected chi connectivity index (χ1v) is 7.53. The molecule has 1 rings (SSSR count). The number of hydrogen-bond donors (Lipinski definition) is 1. The Labute approximate surface area is 131 Å². The summed E-state index contributed by atoms with van der Waals surface area (Å²) >= 11 is 0. The molecule has 0 unspecified atom stereocenters. The zero-order chi connectivity index (χ0) is 16.5. The number of carbonyl (C=O) groups excluding carboxylic acids is 1. The minimum absolute atomic E-state index is 0.190. The number of likely N-dealkylation sites (N-methyl/N-ethyl adjacent to an activating group) is 1. The van der Waals surface area contributed by atoms with Gasteiger partial charge in [-0.05, 0) is 44.3 Å². The molecule has 1 amide bonds. The van der Waals surface area contributed by atoms with Crippen LogP contribution in [0.3, 0.4) is 0 Å². The average molecular weight is 308 g/mol. The minimum Gasteiger partial charge on any atom is -0.478 e. The lowest BCUT2D eigenvalue weighted by molar-refractivity contribution is 0.0697. The molecule has 6 heteroatoms. The highest BCUT2D eigenvalue weighted by Gasteiger charge is 2.16. The molecule has 122 valence electrons. The second kappa shape index (κ2) is 9.04. The molecule has 1 N–H and O–H groups in total. The molecule has 1 aromatic rings. The number of amides is 1. The fourth-order valence-corrected chi connectivity index (χ4v) is 2.08. The van der Waals surface area contributed by atoms with Gasteiger partial charge in [-0.1, -0.05) is 13.8 Å². The summed E-state index contributed by atoms with van der Waals surface area (Å²) in [5.74, 6) is -0.989. The molecule has 0 aliphatic carbocycles. The Morgan fingerprint density at radius 3 is 2.09 bits per heavy atom. The van der Waals surface area contributed by atoms with Crippen molar-refractivity contribution in [3.8, 4) is 0 Å². The van der Waals surface area contributed by atoms with Crippen molar-refractivity contribution >= 4 is 17.7 Å². The third-order valence-corrected chi connectivity index (χ3v) is 3.49. The van der Waals surface area contributed by atoms with Gasteiger partial charge in [-0.3, -0.25) is 4.90 Å². The molecule has 0 spiro atoms. The molecule has 0 aromatic heterocycles. The van der Waals surface area contributed by atoms with E-state index in [9.17, 15) is 9.59 Å². The van der Waals surface area contributed by atoms with Crippen LogP contribution in [-0.4, -0.2) is 54.9 Å².